The number of hydrogen-bond acceptors (Lipinski definition) is 4. The van der Waals surface area contributed by atoms with Gasteiger partial charge in [0.1, 0.15) is 5.60 Å². The summed E-state index contributed by atoms with van der Waals surface area (Å²) in [6.45, 7) is 7.80. The van der Waals surface area contributed by atoms with Crippen molar-refractivity contribution in [1.29, 1.82) is 0 Å². The molecule has 0 saturated carbocycles. The van der Waals surface area contributed by atoms with E-state index >= 15 is 0 Å². The van der Waals surface area contributed by atoms with Gasteiger partial charge in [0.2, 0.25) is 5.91 Å². The van der Waals surface area contributed by atoms with Crippen LogP contribution in [0.1, 0.15) is 49.4 Å². The minimum atomic E-state index is -0.369. The Morgan fingerprint density at radius 3 is 2.55 bits per heavy atom. The first-order chi connectivity index (χ1) is 14.7. The van der Waals surface area contributed by atoms with Crippen molar-refractivity contribution in [2.45, 2.75) is 44.9 Å². The highest BCUT2D eigenvalue weighted by Crippen LogP contribution is 2.44. The summed E-state index contributed by atoms with van der Waals surface area (Å²) in [6, 6.07) is 12.0. The van der Waals surface area contributed by atoms with E-state index in [9.17, 15) is 4.79 Å². The number of fused-ring (bicyclic) bond motifs is 2. The number of carbonyl (C=O) groups excluding carboxylic acids is 1. The molecule has 1 atom stereocenters. The summed E-state index contributed by atoms with van der Waals surface area (Å²) < 4.78 is 6.18. The molecule has 1 fully saturated rings. The minimum absolute atomic E-state index is 0.0113. The number of hydrogen-bond donors (Lipinski definition) is 1. The quantitative estimate of drug-likeness (QED) is 0.717. The van der Waals surface area contributed by atoms with Crippen LogP contribution in [0.2, 0.25) is 10.0 Å². The van der Waals surface area contributed by atoms with E-state index in [1.54, 1.807) is 6.07 Å². The summed E-state index contributed by atoms with van der Waals surface area (Å²) in [6.07, 6.45) is 0.727. The molecule has 31 heavy (non-hydrogen) atoms. The number of benzene rings is 2. The molecule has 162 valence electrons. The Morgan fingerprint density at radius 1 is 1.16 bits per heavy atom. The second-order valence-electron chi connectivity index (χ2n) is 9.34. The third kappa shape index (κ3) is 3.43. The van der Waals surface area contributed by atoms with Gasteiger partial charge in [0.25, 0.3) is 0 Å². The van der Waals surface area contributed by atoms with Crippen molar-refractivity contribution in [3.05, 3.63) is 68.7 Å². The Balaban J connectivity index is 1.34. The maximum Gasteiger partial charge on any atom is 0.225 e. The normalized spacial score (nSPS) is 23.5. The molecule has 2 aromatic rings. The lowest BCUT2D eigenvalue weighted by molar-refractivity contribution is -0.171. The maximum atomic E-state index is 12.3. The zero-order chi connectivity index (χ0) is 22.0. The van der Waals surface area contributed by atoms with Gasteiger partial charge in [-0.3, -0.25) is 10.2 Å². The Bertz CT molecular complexity index is 1090. The number of ether oxygens (including phenoxy) is 1. The Morgan fingerprint density at radius 2 is 1.87 bits per heavy atom. The standard InChI is InChI=1S/C24H25Cl2N3O2/c1-14(2)22(30)29-12-24(13-29)20-5-4-15(6-16(20)11-31-24)21-10-23(3,28-27-21)17-7-18(25)9-19(26)8-17/h4-9,14,28H,10-13H2,1-3H3. The number of carbonyl (C=O) groups is 1. The zero-order valence-electron chi connectivity index (χ0n) is 17.8. The molecule has 1 N–H and O–H groups in total. The van der Waals surface area contributed by atoms with Gasteiger partial charge in [-0.25, -0.2) is 0 Å². The molecule has 7 heteroatoms. The molecule has 2 aromatic carbocycles. The fourth-order valence-electron chi connectivity index (χ4n) is 4.79. The van der Waals surface area contributed by atoms with E-state index in [4.69, 9.17) is 27.9 Å². The van der Waals surface area contributed by atoms with Gasteiger partial charge in [0.15, 0.2) is 0 Å². The van der Waals surface area contributed by atoms with Crippen molar-refractivity contribution >= 4 is 34.8 Å². The van der Waals surface area contributed by atoms with Gasteiger partial charge in [0, 0.05) is 22.4 Å². The molecule has 1 amide bonds. The van der Waals surface area contributed by atoms with Gasteiger partial charge in [-0.15, -0.1) is 0 Å². The summed E-state index contributed by atoms with van der Waals surface area (Å²) in [4.78, 5) is 14.1. The van der Waals surface area contributed by atoms with Gasteiger partial charge in [-0.05, 0) is 53.4 Å². The zero-order valence-corrected chi connectivity index (χ0v) is 19.3. The Hall–Kier alpha value is -2.08. The summed E-state index contributed by atoms with van der Waals surface area (Å²) >= 11 is 12.4. The highest BCUT2D eigenvalue weighted by Gasteiger charge is 2.51. The first-order valence-corrected chi connectivity index (χ1v) is 11.3. The topological polar surface area (TPSA) is 53.9 Å². The van der Waals surface area contributed by atoms with Crippen LogP contribution in [0.4, 0.5) is 0 Å². The molecular weight excluding hydrogens is 433 g/mol. The van der Waals surface area contributed by atoms with Crippen LogP contribution in [0.5, 0.6) is 0 Å². The summed E-state index contributed by atoms with van der Waals surface area (Å²) in [5, 5.41) is 5.86. The van der Waals surface area contributed by atoms with Crippen molar-refractivity contribution in [1.82, 2.24) is 10.3 Å². The molecule has 1 unspecified atom stereocenters. The fraction of sp³-hybridized carbons (Fsp3) is 0.417. The molecule has 3 aliphatic heterocycles. The predicted molar refractivity (Wildman–Crippen MR) is 122 cm³/mol. The Kier molecular flexibility index (Phi) is 4.85. The van der Waals surface area contributed by atoms with Gasteiger partial charge >= 0.3 is 0 Å². The number of halogens is 2. The van der Waals surface area contributed by atoms with Crippen molar-refractivity contribution in [3.63, 3.8) is 0 Å². The van der Waals surface area contributed by atoms with Crippen LogP contribution < -0.4 is 5.43 Å². The number of nitrogens with zero attached hydrogens (tertiary/aromatic N) is 2. The van der Waals surface area contributed by atoms with E-state index in [-0.39, 0.29) is 23.0 Å². The molecule has 3 aliphatic rings. The molecular formula is C24H25Cl2N3O2. The first kappa shape index (κ1) is 20.8. The van der Waals surface area contributed by atoms with E-state index in [2.05, 4.69) is 35.7 Å². The average Bonchev–Trinajstić information content (AvgIpc) is 3.27. The van der Waals surface area contributed by atoms with Crippen LogP contribution in [0, 0.1) is 5.92 Å². The van der Waals surface area contributed by atoms with Crippen LogP contribution in [0.15, 0.2) is 41.5 Å². The molecule has 5 nitrogen and oxygen atoms in total. The average molecular weight is 458 g/mol. The molecule has 5 rings (SSSR count). The van der Waals surface area contributed by atoms with Gasteiger partial charge in [0.05, 0.1) is 30.9 Å². The summed E-state index contributed by atoms with van der Waals surface area (Å²) in [7, 11) is 0. The van der Waals surface area contributed by atoms with Crippen LogP contribution in [-0.4, -0.2) is 29.6 Å². The molecule has 0 aliphatic carbocycles. The first-order valence-electron chi connectivity index (χ1n) is 10.6. The van der Waals surface area contributed by atoms with Crippen LogP contribution in [0.3, 0.4) is 0 Å². The van der Waals surface area contributed by atoms with Crippen LogP contribution >= 0.6 is 23.2 Å². The number of likely N-dealkylation sites (tertiary alicyclic amines) is 1. The molecule has 3 heterocycles. The van der Waals surface area contributed by atoms with Crippen molar-refractivity contribution < 1.29 is 9.53 Å². The lowest BCUT2D eigenvalue weighted by Crippen LogP contribution is -2.61. The van der Waals surface area contributed by atoms with E-state index in [1.165, 1.54) is 11.1 Å². The van der Waals surface area contributed by atoms with Gasteiger partial charge in [-0.2, -0.15) is 5.10 Å². The van der Waals surface area contributed by atoms with E-state index in [0.717, 1.165) is 23.3 Å². The molecule has 1 spiro atoms. The molecule has 0 bridgehead atoms. The smallest absolute Gasteiger partial charge is 0.225 e. The third-order valence-corrected chi connectivity index (χ3v) is 7.03. The monoisotopic (exact) mass is 457 g/mol. The van der Waals surface area contributed by atoms with Crippen molar-refractivity contribution in [2.24, 2.45) is 11.0 Å². The number of nitrogens with one attached hydrogen (secondary N) is 1. The maximum absolute atomic E-state index is 12.3. The number of rotatable bonds is 3. The van der Waals surface area contributed by atoms with Crippen LogP contribution in [-0.2, 0) is 27.3 Å². The van der Waals surface area contributed by atoms with Crippen LogP contribution in [0.25, 0.3) is 0 Å². The number of hydrazone groups is 1. The third-order valence-electron chi connectivity index (χ3n) is 6.59. The largest absolute Gasteiger partial charge is 0.362 e. The molecule has 1 saturated heterocycles. The second kappa shape index (κ2) is 7.22. The van der Waals surface area contributed by atoms with Gasteiger partial charge in [-0.1, -0.05) is 49.2 Å². The SMILES string of the molecule is CC(C)C(=O)N1CC2(C1)OCc1cc(C3=NNC(C)(c4cc(Cl)cc(Cl)c4)C3)ccc12. The van der Waals surface area contributed by atoms with E-state index in [0.29, 0.717) is 29.7 Å². The lowest BCUT2D eigenvalue weighted by atomic mass is 9.82. The highest BCUT2D eigenvalue weighted by atomic mass is 35.5. The summed E-state index contributed by atoms with van der Waals surface area (Å²) in [5.41, 5.74) is 8.02. The highest BCUT2D eigenvalue weighted by molar-refractivity contribution is 6.34. The minimum Gasteiger partial charge on any atom is -0.362 e. The van der Waals surface area contributed by atoms with Crippen molar-refractivity contribution in [3.8, 4) is 0 Å². The number of amides is 1. The predicted octanol–water partition coefficient (Wildman–Crippen LogP) is 4.83. The molecule has 0 aromatic heterocycles. The van der Waals surface area contributed by atoms with E-state index in [1.807, 2.05) is 30.9 Å². The Labute approximate surface area is 192 Å². The van der Waals surface area contributed by atoms with Crippen molar-refractivity contribution in [2.75, 3.05) is 13.1 Å². The van der Waals surface area contributed by atoms with Gasteiger partial charge < -0.3 is 9.64 Å². The second-order valence-corrected chi connectivity index (χ2v) is 10.2. The van der Waals surface area contributed by atoms with E-state index < -0.39 is 0 Å². The fourth-order valence-corrected chi connectivity index (χ4v) is 5.32. The molecule has 0 radical (unpaired) electrons. The summed E-state index contributed by atoms with van der Waals surface area (Å²) in [5.74, 6) is 0.197. The lowest BCUT2D eigenvalue weighted by Gasteiger charge is -2.48.